The first-order valence-electron chi connectivity index (χ1n) is 14.8. The van der Waals surface area contributed by atoms with Gasteiger partial charge in [-0.1, -0.05) is 30.3 Å². The van der Waals surface area contributed by atoms with Crippen LogP contribution in [0.3, 0.4) is 0 Å². The van der Waals surface area contributed by atoms with Crippen LogP contribution in [0.5, 0.6) is 0 Å². The molecule has 3 aliphatic rings. The van der Waals surface area contributed by atoms with Crippen molar-refractivity contribution in [1.29, 1.82) is 0 Å². The van der Waals surface area contributed by atoms with Gasteiger partial charge < -0.3 is 49.8 Å². The molecule has 248 valence electrons. The van der Waals surface area contributed by atoms with Gasteiger partial charge in [0.25, 0.3) is 0 Å². The Morgan fingerprint density at radius 2 is 1.36 bits per heavy atom. The zero-order valence-corrected chi connectivity index (χ0v) is 24.7. The fourth-order valence-corrected chi connectivity index (χ4v) is 5.99. The van der Waals surface area contributed by atoms with Crippen LogP contribution in [0.25, 0.3) is 22.3 Å². The highest BCUT2D eigenvalue weighted by Gasteiger charge is 2.47. The topological polar surface area (TPSA) is 217 Å². The number of halogens is 2. The minimum absolute atomic E-state index is 0.00117. The third kappa shape index (κ3) is 5.72. The summed E-state index contributed by atoms with van der Waals surface area (Å²) >= 11 is 0. The van der Waals surface area contributed by atoms with Gasteiger partial charge in [-0.25, -0.2) is 38.7 Å². The zero-order chi connectivity index (χ0) is 32.7. The molecule has 1 aromatic carbocycles. The van der Waals surface area contributed by atoms with Crippen LogP contribution in [0.1, 0.15) is 23.9 Å². The molecule has 8 rings (SSSR count). The van der Waals surface area contributed by atoms with Gasteiger partial charge in [-0.15, -0.1) is 0 Å². The Balaban J connectivity index is 0.000000157. The smallest absolute Gasteiger partial charge is 0.184 e. The number of ether oxygens (including phenoxy) is 4. The second-order valence-electron chi connectivity index (χ2n) is 11.3. The summed E-state index contributed by atoms with van der Waals surface area (Å²) in [4.78, 5) is 24.2. The zero-order valence-electron chi connectivity index (χ0n) is 24.7. The van der Waals surface area contributed by atoms with Gasteiger partial charge in [0.05, 0.1) is 51.2 Å². The van der Waals surface area contributed by atoms with Crippen LogP contribution in [0, 0.1) is 0 Å². The molecule has 3 fully saturated rings. The van der Waals surface area contributed by atoms with Crippen molar-refractivity contribution in [3.8, 4) is 0 Å². The molecular formula is C29H32F2N10O6. The Kier molecular flexibility index (Phi) is 8.60. The van der Waals surface area contributed by atoms with Crippen LogP contribution in [-0.4, -0.2) is 112 Å². The summed E-state index contributed by atoms with van der Waals surface area (Å²) in [6.07, 6.45) is -1.55. The number of anilines is 2. The molecule has 5 aromatic rings. The number of nitrogens with two attached hydrogens (primary N) is 2. The molecule has 7 heterocycles. The summed E-state index contributed by atoms with van der Waals surface area (Å²) in [7, 11) is 0. The van der Waals surface area contributed by atoms with E-state index in [0.717, 1.165) is 5.56 Å². The summed E-state index contributed by atoms with van der Waals surface area (Å²) in [5.74, 6) is 0.463. The Hall–Kier alpha value is -4.46. The molecule has 0 spiro atoms. The van der Waals surface area contributed by atoms with Crippen LogP contribution in [-0.2, 0) is 18.9 Å². The van der Waals surface area contributed by atoms with Crippen molar-refractivity contribution in [2.45, 2.75) is 55.1 Å². The van der Waals surface area contributed by atoms with Crippen molar-refractivity contribution in [2.24, 2.45) is 0 Å². The Morgan fingerprint density at radius 1 is 0.766 bits per heavy atom. The van der Waals surface area contributed by atoms with E-state index in [2.05, 4.69) is 29.9 Å². The molecular weight excluding hydrogens is 622 g/mol. The average molecular weight is 655 g/mol. The number of benzene rings is 1. The molecule has 6 N–H and O–H groups in total. The molecule has 0 radical (unpaired) electrons. The number of alkyl halides is 2. The average Bonchev–Trinajstić information content (AvgIpc) is 3.73. The van der Waals surface area contributed by atoms with Gasteiger partial charge in [0, 0.05) is 5.56 Å². The van der Waals surface area contributed by atoms with Crippen molar-refractivity contribution >= 4 is 34.0 Å². The molecule has 0 bridgehead atoms. The lowest BCUT2D eigenvalue weighted by atomic mass is 9.98. The molecule has 3 aliphatic heterocycles. The first-order valence-corrected chi connectivity index (χ1v) is 14.8. The van der Waals surface area contributed by atoms with Crippen molar-refractivity contribution in [2.75, 3.05) is 37.9 Å². The third-order valence-electron chi connectivity index (χ3n) is 8.52. The van der Waals surface area contributed by atoms with Crippen LogP contribution in [0.4, 0.5) is 20.4 Å². The molecule has 0 amide bonds. The maximum Gasteiger partial charge on any atom is 0.184 e. The number of imidazole rings is 2. The summed E-state index contributed by atoms with van der Waals surface area (Å²) in [6, 6.07) is 8.06. The van der Waals surface area contributed by atoms with Gasteiger partial charge in [-0.05, 0) is 0 Å². The maximum absolute atomic E-state index is 15.5. The van der Waals surface area contributed by atoms with Crippen molar-refractivity contribution < 1.29 is 37.9 Å². The molecule has 47 heavy (non-hydrogen) atoms. The fourth-order valence-electron chi connectivity index (χ4n) is 5.99. The Bertz CT molecular complexity index is 1830. The first kappa shape index (κ1) is 31.2. The fraction of sp³-hybridized carbons (Fsp3) is 0.448. The number of hydrogen-bond donors (Lipinski definition) is 4. The van der Waals surface area contributed by atoms with Gasteiger partial charge in [-0.3, -0.25) is 0 Å². The molecule has 4 aromatic heterocycles. The van der Waals surface area contributed by atoms with E-state index < -0.39 is 61.7 Å². The summed E-state index contributed by atoms with van der Waals surface area (Å²) in [6.45, 7) is 0.00447. The van der Waals surface area contributed by atoms with E-state index >= 15 is 4.39 Å². The largest absolute Gasteiger partial charge is 0.394 e. The quantitative estimate of drug-likeness (QED) is 0.211. The lowest BCUT2D eigenvalue weighted by molar-refractivity contribution is -0.298. The van der Waals surface area contributed by atoms with Gasteiger partial charge in [-0.2, -0.15) is 0 Å². The van der Waals surface area contributed by atoms with Crippen LogP contribution < -0.4 is 11.5 Å². The predicted octanol–water partition coefficient (Wildman–Crippen LogP) is 0.840. The molecule has 3 saturated heterocycles. The summed E-state index contributed by atoms with van der Waals surface area (Å²) in [5.41, 5.74) is 14.0. The molecule has 18 heteroatoms. The minimum atomic E-state index is -1.60. The molecule has 0 saturated carbocycles. The number of hydrogen-bond acceptors (Lipinski definition) is 14. The van der Waals surface area contributed by atoms with Gasteiger partial charge in [0.15, 0.2) is 41.6 Å². The monoisotopic (exact) mass is 654 g/mol. The standard InChI is InChI=1S/C18H18FN5O3.C11H14FN5O3/c19-13-11(24-9-23-14-16(20)21-8-22-17(14)24)6-25-12-7-26-18(27-15(12)13)10-4-2-1-3-5-10;12-7-5(2-20-6(1-18)9(7)19)17-4-16-8-10(13)14-3-15-11(8)17/h1-5,8-9,11-13,15,18H,6-7H2,(H2,20,21,22);3-7,9,18-19H,1-2H2,(H2,13,14,15)/t11-,12-,13+,15-,18?;5-,6-,7+,9-/m11/s1. The minimum Gasteiger partial charge on any atom is -0.394 e. The molecule has 1 unspecified atom stereocenters. The molecule has 9 atom stereocenters. The van der Waals surface area contributed by atoms with Crippen molar-refractivity contribution in [3.63, 3.8) is 0 Å². The highest BCUT2D eigenvalue weighted by Crippen LogP contribution is 2.38. The lowest BCUT2D eigenvalue weighted by Crippen LogP contribution is -2.54. The number of aliphatic hydroxyl groups excluding tert-OH is 2. The predicted molar refractivity (Wildman–Crippen MR) is 160 cm³/mol. The highest BCUT2D eigenvalue weighted by molar-refractivity contribution is 5.81. The van der Waals surface area contributed by atoms with E-state index in [-0.39, 0.29) is 31.5 Å². The summed E-state index contributed by atoms with van der Waals surface area (Å²) in [5, 5.41) is 18.8. The van der Waals surface area contributed by atoms with Gasteiger partial charge in [0.2, 0.25) is 0 Å². The number of nitrogens with zero attached hydrogens (tertiary/aromatic N) is 8. The number of aromatic nitrogens is 8. The van der Waals surface area contributed by atoms with Gasteiger partial charge in [0.1, 0.15) is 48.1 Å². The van der Waals surface area contributed by atoms with E-state index in [4.69, 9.17) is 35.5 Å². The van der Waals surface area contributed by atoms with Crippen molar-refractivity contribution in [1.82, 2.24) is 39.0 Å². The normalized spacial score (nSPS) is 30.9. The second kappa shape index (κ2) is 13.0. The number of nitrogen functional groups attached to an aromatic ring is 2. The van der Waals surface area contributed by atoms with Crippen LogP contribution in [0.2, 0.25) is 0 Å². The van der Waals surface area contributed by atoms with Gasteiger partial charge >= 0.3 is 0 Å². The Labute approximate surface area is 265 Å². The summed E-state index contributed by atoms with van der Waals surface area (Å²) < 4.78 is 55.7. The molecule has 0 aliphatic carbocycles. The van der Waals surface area contributed by atoms with E-state index in [1.807, 2.05) is 30.3 Å². The second-order valence-corrected chi connectivity index (χ2v) is 11.3. The van der Waals surface area contributed by atoms with Crippen LogP contribution >= 0.6 is 0 Å². The highest BCUT2D eigenvalue weighted by atomic mass is 19.1. The van der Waals surface area contributed by atoms with Crippen LogP contribution in [0.15, 0.2) is 55.6 Å². The van der Waals surface area contributed by atoms with E-state index in [1.165, 1.54) is 29.9 Å². The van der Waals surface area contributed by atoms with E-state index in [1.54, 1.807) is 4.57 Å². The lowest BCUT2D eigenvalue weighted by Gasteiger charge is -2.44. The number of fused-ring (bicyclic) bond motifs is 3. The SMILES string of the molecule is Nc1ncnc2c1ncn2[C@@H]1CO[C@@H]2COC(c3ccccc3)O[C@H]2[C@H]1F.Nc1ncnc2c1ncn2[C@@H]1CO[C@H](CO)[C@@H](O)[C@H]1F. The Morgan fingerprint density at radius 3 is 1.98 bits per heavy atom. The van der Waals surface area contributed by atoms with E-state index in [9.17, 15) is 9.50 Å². The number of rotatable bonds is 4. The molecule has 16 nitrogen and oxygen atoms in total. The maximum atomic E-state index is 15.5. The van der Waals surface area contributed by atoms with E-state index in [0.29, 0.717) is 22.3 Å². The van der Waals surface area contributed by atoms with Crippen molar-refractivity contribution in [3.05, 3.63) is 61.2 Å². The first-order chi connectivity index (χ1) is 22.9. The number of aliphatic hydroxyl groups is 2. The third-order valence-corrected chi connectivity index (χ3v) is 8.52.